The topological polar surface area (TPSA) is 74.9 Å². The highest BCUT2D eigenvalue weighted by atomic mass is 19.1. The van der Waals surface area contributed by atoms with Crippen LogP contribution in [0, 0.1) is 0 Å². The number of aromatic nitrogens is 3. The summed E-state index contributed by atoms with van der Waals surface area (Å²) in [6.07, 6.45) is 7.82. The second-order valence-corrected chi connectivity index (χ2v) is 7.69. The van der Waals surface area contributed by atoms with Crippen LogP contribution in [0.5, 0.6) is 0 Å². The van der Waals surface area contributed by atoms with Crippen LogP contribution in [-0.4, -0.2) is 44.8 Å². The molecule has 152 valence electrons. The van der Waals surface area contributed by atoms with E-state index in [2.05, 4.69) is 26.9 Å². The van der Waals surface area contributed by atoms with Gasteiger partial charge in [0.1, 0.15) is 17.2 Å². The summed E-state index contributed by atoms with van der Waals surface area (Å²) >= 11 is 0. The molecule has 8 heteroatoms. The van der Waals surface area contributed by atoms with E-state index in [0.717, 1.165) is 36.5 Å². The van der Waals surface area contributed by atoms with E-state index in [-0.39, 0.29) is 23.8 Å². The van der Waals surface area contributed by atoms with E-state index in [1.807, 2.05) is 19.2 Å². The van der Waals surface area contributed by atoms with Crippen molar-refractivity contribution in [3.8, 4) is 0 Å². The lowest BCUT2D eigenvalue weighted by Crippen LogP contribution is -2.34. The minimum Gasteiger partial charge on any atom is -0.349 e. The smallest absolute Gasteiger partial charge is 0.256 e. The van der Waals surface area contributed by atoms with Crippen LogP contribution in [0.1, 0.15) is 49.9 Å². The van der Waals surface area contributed by atoms with Crippen LogP contribution in [0.4, 0.5) is 10.2 Å². The number of rotatable bonds is 1. The molecular formula is C21H25FN6O. The first-order valence-electron chi connectivity index (χ1n) is 9.94. The van der Waals surface area contributed by atoms with Crippen LogP contribution < -0.4 is 10.2 Å². The quantitative estimate of drug-likeness (QED) is 0.801. The van der Waals surface area contributed by atoms with Gasteiger partial charge in [-0.2, -0.15) is 5.10 Å². The van der Waals surface area contributed by atoms with Crippen LogP contribution in [0.3, 0.4) is 0 Å². The van der Waals surface area contributed by atoms with Gasteiger partial charge in [0.15, 0.2) is 5.65 Å². The fraction of sp³-hybridized carbons (Fsp3) is 0.429. The minimum absolute atomic E-state index is 0.0445. The Kier molecular flexibility index (Phi) is 5.17. The number of carbonyl (C=O) groups is 1. The zero-order valence-corrected chi connectivity index (χ0v) is 16.7. The predicted octanol–water partition coefficient (Wildman–Crippen LogP) is 3.44. The summed E-state index contributed by atoms with van der Waals surface area (Å²) < 4.78 is 15.0. The first-order valence-corrected chi connectivity index (χ1v) is 9.94. The second-order valence-electron chi connectivity index (χ2n) is 7.69. The molecule has 1 fully saturated rings. The summed E-state index contributed by atoms with van der Waals surface area (Å²) in [5.41, 5.74) is 2.64. The number of halogens is 1. The van der Waals surface area contributed by atoms with E-state index in [1.165, 1.54) is 13.1 Å². The maximum absolute atomic E-state index is 13.3. The summed E-state index contributed by atoms with van der Waals surface area (Å²) in [5.74, 6) is 0.225. The van der Waals surface area contributed by atoms with Crippen molar-refractivity contribution in [2.45, 2.75) is 51.6 Å². The molecule has 7 nitrogen and oxygen atoms in total. The second kappa shape index (κ2) is 7.77. The van der Waals surface area contributed by atoms with Crippen LogP contribution in [0.25, 0.3) is 5.65 Å². The molecule has 2 aliphatic rings. The lowest BCUT2D eigenvalue weighted by molar-refractivity contribution is 0.0940. The number of allylic oxidation sites excluding steroid dienone is 1. The SMILES string of the molecule is C=C1C(=N/C=C(\C)F)CCC(C)NC(=O)c2cnn3ccc(nc23)N2CCC[C@H]12. The number of fused-ring (bicyclic) bond motifs is 3. The predicted molar refractivity (Wildman–Crippen MR) is 111 cm³/mol. The number of hydrogen-bond acceptors (Lipinski definition) is 5. The molecule has 0 aliphatic carbocycles. The average Bonchev–Trinajstić information content (AvgIpc) is 3.33. The third-order valence-corrected chi connectivity index (χ3v) is 5.51. The van der Waals surface area contributed by atoms with Crippen LogP contribution in [0.2, 0.25) is 0 Å². The standard InChI is InChI=1S/C21H25FN6O/c1-13(22)11-23-17-7-6-14(2)25-21(29)16-12-24-28-10-8-19(26-20(16)28)27-9-4-5-18(27)15(17)3/h8,10-12,14,18H,3-7,9H2,1-2H3,(H,25,29)/b13-11+,23-17?/t14?,18-/m1/s1. The van der Waals surface area contributed by atoms with Gasteiger partial charge in [-0.25, -0.2) is 13.9 Å². The summed E-state index contributed by atoms with van der Waals surface area (Å²) in [6.45, 7) is 8.47. The monoisotopic (exact) mass is 396 g/mol. The van der Waals surface area contributed by atoms with E-state index < -0.39 is 0 Å². The van der Waals surface area contributed by atoms with E-state index in [0.29, 0.717) is 24.1 Å². The number of anilines is 1. The van der Waals surface area contributed by atoms with Gasteiger partial charge in [0.25, 0.3) is 5.91 Å². The summed E-state index contributed by atoms with van der Waals surface area (Å²) in [6, 6.07) is 1.86. The molecule has 4 heterocycles. The molecule has 0 radical (unpaired) electrons. The van der Waals surface area contributed by atoms with Crippen molar-refractivity contribution in [2.75, 3.05) is 11.4 Å². The average molecular weight is 396 g/mol. The molecule has 0 spiro atoms. The van der Waals surface area contributed by atoms with E-state index in [4.69, 9.17) is 4.98 Å². The lowest BCUT2D eigenvalue weighted by atomic mass is 9.96. The minimum atomic E-state index is -0.350. The third-order valence-electron chi connectivity index (χ3n) is 5.51. The number of nitrogens with one attached hydrogen (secondary N) is 1. The molecule has 0 saturated carbocycles. The van der Waals surface area contributed by atoms with Gasteiger partial charge in [0, 0.05) is 24.5 Å². The number of hydrogen-bond donors (Lipinski definition) is 1. The van der Waals surface area contributed by atoms with Crippen molar-refractivity contribution in [2.24, 2.45) is 4.99 Å². The Hall–Kier alpha value is -3.03. The Bertz CT molecular complexity index is 1020. The molecule has 0 aromatic carbocycles. The van der Waals surface area contributed by atoms with Gasteiger partial charge in [-0.3, -0.25) is 9.79 Å². The maximum atomic E-state index is 13.3. The molecule has 1 saturated heterocycles. The van der Waals surface area contributed by atoms with Gasteiger partial charge in [0.2, 0.25) is 0 Å². The maximum Gasteiger partial charge on any atom is 0.256 e. The normalized spacial score (nSPS) is 25.0. The van der Waals surface area contributed by atoms with Crippen molar-refractivity contribution in [1.29, 1.82) is 0 Å². The Labute approximate surface area is 169 Å². The highest BCUT2D eigenvalue weighted by Crippen LogP contribution is 2.30. The van der Waals surface area contributed by atoms with Gasteiger partial charge in [0.05, 0.1) is 18.4 Å². The van der Waals surface area contributed by atoms with Crippen molar-refractivity contribution in [3.63, 3.8) is 0 Å². The van der Waals surface area contributed by atoms with Gasteiger partial charge >= 0.3 is 0 Å². The van der Waals surface area contributed by atoms with Gasteiger partial charge in [-0.05, 0) is 51.2 Å². The van der Waals surface area contributed by atoms with Gasteiger partial charge in [-0.15, -0.1) is 0 Å². The largest absolute Gasteiger partial charge is 0.349 e. The summed E-state index contributed by atoms with van der Waals surface area (Å²) in [5, 5.41) is 7.26. The molecule has 4 rings (SSSR count). The van der Waals surface area contributed by atoms with E-state index in [9.17, 15) is 9.18 Å². The fourth-order valence-corrected chi connectivity index (χ4v) is 3.98. The van der Waals surface area contributed by atoms with Crippen molar-refractivity contribution in [1.82, 2.24) is 19.9 Å². The zero-order valence-electron chi connectivity index (χ0n) is 16.7. The highest BCUT2D eigenvalue weighted by molar-refractivity contribution is 6.02. The molecule has 1 unspecified atom stereocenters. The third kappa shape index (κ3) is 3.79. The first-order chi connectivity index (χ1) is 13.9. The molecular weight excluding hydrogens is 371 g/mol. The van der Waals surface area contributed by atoms with Crippen molar-refractivity contribution in [3.05, 3.63) is 48.2 Å². The Morgan fingerprint density at radius 1 is 1.45 bits per heavy atom. The Morgan fingerprint density at radius 3 is 3.07 bits per heavy atom. The number of carbonyl (C=O) groups excluding carboxylic acids is 1. The van der Waals surface area contributed by atoms with Crippen LogP contribution in [-0.2, 0) is 0 Å². The molecule has 2 bridgehead atoms. The molecule has 2 aromatic rings. The highest BCUT2D eigenvalue weighted by Gasteiger charge is 2.31. The van der Waals surface area contributed by atoms with Crippen molar-refractivity contribution < 1.29 is 9.18 Å². The van der Waals surface area contributed by atoms with Gasteiger partial charge in [-0.1, -0.05) is 6.58 Å². The summed E-state index contributed by atoms with van der Waals surface area (Å²) in [7, 11) is 0. The lowest BCUT2D eigenvalue weighted by Gasteiger charge is -2.28. The fourth-order valence-electron chi connectivity index (χ4n) is 3.98. The van der Waals surface area contributed by atoms with E-state index >= 15 is 0 Å². The molecule has 1 amide bonds. The molecule has 29 heavy (non-hydrogen) atoms. The van der Waals surface area contributed by atoms with Crippen LogP contribution in [0.15, 0.2) is 47.6 Å². The molecule has 2 atom stereocenters. The first kappa shape index (κ1) is 19.3. The number of nitrogens with zero attached hydrogens (tertiary/aromatic N) is 5. The van der Waals surface area contributed by atoms with Crippen LogP contribution >= 0.6 is 0 Å². The van der Waals surface area contributed by atoms with E-state index in [1.54, 1.807) is 10.7 Å². The molecule has 2 aliphatic heterocycles. The van der Waals surface area contributed by atoms with Crippen molar-refractivity contribution >= 4 is 23.1 Å². The molecule has 1 N–H and O–H groups in total. The zero-order chi connectivity index (χ0) is 20.5. The molecule has 2 aromatic heterocycles. The number of amides is 1. The number of aliphatic imine (C=N–C) groups is 1. The summed E-state index contributed by atoms with van der Waals surface area (Å²) in [4.78, 5) is 24.1. The Morgan fingerprint density at radius 2 is 2.28 bits per heavy atom. The Balaban J connectivity index is 1.80. The van der Waals surface area contributed by atoms with Gasteiger partial charge < -0.3 is 10.2 Å².